The summed E-state index contributed by atoms with van der Waals surface area (Å²) in [6, 6.07) is 0. The highest BCUT2D eigenvalue weighted by atomic mass is 31.0. The first kappa shape index (κ1) is 11.1. The minimum atomic E-state index is 0.549. The molecule has 0 aromatic carbocycles. The Balaban J connectivity index is 0.000000187. The number of aldehydes is 1. The van der Waals surface area contributed by atoms with E-state index >= 15 is 0 Å². The molecule has 2 atom stereocenters. The third-order valence-corrected chi connectivity index (χ3v) is 1.97. The largest absolute Gasteiger partial charge is 0.289 e. The molecule has 0 aromatic heterocycles. The van der Waals surface area contributed by atoms with Gasteiger partial charge in [-0.05, 0) is 18.8 Å². The highest BCUT2D eigenvalue weighted by molar-refractivity contribution is 7.23. The fourth-order valence-corrected chi connectivity index (χ4v) is 1.21. The van der Waals surface area contributed by atoms with E-state index in [0.717, 1.165) is 0 Å². The van der Waals surface area contributed by atoms with Gasteiger partial charge in [0.1, 0.15) is 0 Å². The maximum Gasteiger partial charge on any atom is 0.193 e. The van der Waals surface area contributed by atoms with Gasteiger partial charge in [-0.15, -0.1) is 0 Å². The van der Waals surface area contributed by atoms with Gasteiger partial charge in [-0.25, -0.2) is 0 Å². The Bertz CT molecular complexity index is 156. The molecule has 0 amide bonds. The lowest BCUT2D eigenvalue weighted by Crippen LogP contribution is -2.01. The van der Waals surface area contributed by atoms with Gasteiger partial charge >= 0.3 is 0 Å². The van der Waals surface area contributed by atoms with Crippen LogP contribution >= 0.6 is 18.6 Å². The molecule has 1 saturated heterocycles. The molecule has 1 fully saturated rings. The molecule has 0 N–H and O–H groups in total. The van der Waals surface area contributed by atoms with Crippen LogP contribution in [0.15, 0.2) is 0 Å². The summed E-state index contributed by atoms with van der Waals surface area (Å²) in [5.74, 6) is 2.14. The van der Waals surface area contributed by atoms with Gasteiger partial charge in [0, 0.05) is 13.1 Å². The van der Waals surface area contributed by atoms with Crippen LogP contribution in [0.2, 0.25) is 0 Å². The molecule has 0 aliphatic carbocycles. The number of hydrogen-bond acceptors (Lipinski definition) is 2. The second-order valence-electron chi connectivity index (χ2n) is 2.15. The molecule has 0 spiro atoms. The highest BCUT2D eigenvalue weighted by Gasteiger charge is 2.03. The molecule has 11 heavy (non-hydrogen) atoms. The monoisotopic (exact) mass is 189 g/mol. The zero-order valence-corrected chi connectivity index (χ0v) is 8.73. The van der Waals surface area contributed by atoms with Gasteiger partial charge < -0.3 is 0 Å². The summed E-state index contributed by atoms with van der Waals surface area (Å²) in [6.07, 6.45) is 3.33. The predicted octanol–water partition coefficient (Wildman–Crippen LogP) is 0.894. The number of hydrogen-bond donors (Lipinski definition) is 0. The van der Waals surface area contributed by atoms with Gasteiger partial charge in [-0.1, -0.05) is 24.3 Å². The maximum absolute atomic E-state index is 9.22. The van der Waals surface area contributed by atoms with Crippen LogP contribution in [0.25, 0.3) is 0 Å². The van der Waals surface area contributed by atoms with Crippen molar-refractivity contribution >= 4 is 24.9 Å². The lowest BCUT2D eigenvalue weighted by Gasteiger charge is -2.00. The first-order chi connectivity index (χ1) is 5.31. The van der Waals surface area contributed by atoms with Gasteiger partial charge in [0.15, 0.2) is 6.29 Å². The molecular formula is C7H13NOP2. The lowest BCUT2D eigenvalue weighted by molar-refractivity contribution is -0.103. The lowest BCUT2D eigenvalue weighted by atomic mass is 10.4. The summed E-state index contributed by atoms with van der Waals surface area (Å²) in [5, 5.41) is 0. The van der Waals surface area contributed by atoms with E-state index in [9.17, 15) is 4.79 Å². The van der Waals surface area contributed by atoms with E-state index in [4.69, 9.17) is 0 Å². The van der Waals surface area contributed by atoms with Crippen molar-refractivity contribution in [2.24, 2.45) is 0 Å². The summed E-state index contributed by atoms with van der Waals surface area (Å²) >= 11 is 0. The molecule has 1 rings (SSSR count). The molecule has 1 heterocycles. The summed E-state index contributed by atoms with van der Waals surface area (Å²) in [6.45, 7) is 2.56. The second-order valence-corrected chi connectivity index (χ2v) is 3.17. The van der Waals surface area contributed by atoms with E-state index in [1.807, 2.05) is 0 Å². The van der Waals surface area contributed by atoms with Crippen LogP contribution < -0.4 is 0 Å². The van der Waals surface area contributed by atoms with Crippen molar-refractivity contribution in [1.29, 1.82) is 0 Å². The smallest absolute Gasteiger partial charge is 0.193 e. The Kier molecular flexibility index (Phi) is 8.19. The van der Waals surface area contributed by atoms with Gasteiger partial charge in [-0.2, -0.15) is 0 Å². The van der Waals surface area contributed by atoms with Crippen LogP contribution in [-0.4, -0.2) is 24.0 Å². The molecule has 62 valence electrons. The highest BCUT2D eigenvalue weighted by Crippen LogP contribution is 2.10. The van der Waals surface area contributed by atoms with E-state index in [-0.39, 0.29) is 0 Å². The topological polar surface area (TPSA) is 20.3 Å². The molecule has 0 saturated carbocycles. The average Bonchev–Trinajstić information content (AvgIpc) is 2.43. The average molecular weight is 189 g/mol. The van der Waals surface area contributed by atoms with Gasteiger partial charge in [0.05, 0.1) is 0 Å². The van der Waals surface area contributed by atoms with E-state index < -0.39 is 0 Å². The summed E-state index contributed by atoms with van der Waals surface area (Å²) in [5.41, 5.74) is 2.32. The summed E-state index contributed by atoms with van der Waals surface area (Å²) < 4.78 is 2.28. The molecule has 0 bridgehead atoms. The van der Waals surface area contributed by atoms with Crippen molar-refractivity contribution in [3.05, 3.63) is 0 Å². The second kappa shape index (κ2) is 8.15. The fourth-order valence-electron chi connectivity index (χ4n) is 0.776. The van der Waals surface area contributed by atoms with Gasteiger partial charge in [0.2, 0.25) is 0 Å². The van der Waals surface area contributed by atoms with Crippen LogP contribution in [0.5, 0.6) is 0 Å². The van der Waals surface area contributed by atoms with Crippen molar-refractivity contribution in [3.8, 4) is 11.6 Å². The first-order valence-corrected chi connectivity index (χ1v) is 4.55. The quantitative estimate of drug-likeness (QED) is 0.320. The van der Waals surface area contributed by atoms with Crippen LogP contribution in [0.1, 0.15) is 12.8 Å². The normalized spacial score (nSPS) is 15.8. The minimum absolute atomic E-state index is 0.549. The van der Waals surface area contributed by atoms with E-state index in [2.05, 4.69) is 34.9 Å². The molecule has 0 aromatic rings. The number of carbonyl (C=O) groups is 1. The van der Waals surface area contributed by atoms with Crippen LogP contribution in [0.3, 0.4) is 0 Å². The number of nitrogens with zero attached hydrogens (tertiary/aromatic N) is 1. The zero-order chi connectivity index (χ0) is 8.53. The van der Waals surface area contributed by atoms with Crippen molar-refractivity contribution in [2.75, 3.05) is 13.1 Å². The van der Waals surface area contributed by atoms with Crippen molar-refractivity contribution < 1.29 is 4.79 Å². The van der Waals surface area contributed by atoms with Crippen LogP contribution in [0.4, 0.5) is 0 Å². The molecule has 2 unspecified atom stereocenters. The van der Waals surface area contributed by atoms with E-state index in [1.165, 1.54) is 25.9 Å². The standard InChI is InChI=1S/C4H10NP.C3H3OP/c6-5-3-1-2-4-5;4-2-1-3-5/h1-4,6H2;2H,5H2. The molecule has 2 nitrogen and oxygen atoms in total. The Morgan fingerprint density at radius 2 is 1.91 bits per heavy atom. The third kappa shape index (κ3) is 7.95. The maximum atomic E-state index is 9.22. The summed E-state index contributed by atoms with van der Waals surface area (Å²) in [7, 11) is 4.81. The van der Waals surface area contributed by atoms with E-state index in [0.29, 0.717) is 6.29 Å². The zero-order valence-electron chi connectivity index (χ0n) is 6.42. The Hall–Kier alpha value is 0.0500. The molecule has 1 aliphatic heterocycles. The summed E-state index contributed by atoms with van der Waals surface area (Å²) in [4.78, 5) is 9.22. The molecule has 1 aliphatic rings. The first-order valence-electron chi connectivity index (χ1n) is 3.45. The van der Waals surface area contributed by atoms with Crippen LogP contribution in [0, 0.1) is 11.6 Å². The SMILES string of the molecule is O=CC#CP.PN1CCCC1. The van der Waals surface area contributed by atoms with Gasteiger partial charge in [0.25, 0.3) is 0 Å². The Morgan fingerprint density at radius 3 is 2.00 bits per heavy atom. The number of rotatable bonds is 0. The Morgan fingerprint density at radius 1 is 1.36 bits per heavy atom. The molecule has 0 radical (unpaired) electrons. The fraction of sp³-hybridized carbons (Fsp3) is 0.571. The molecule has 4 heteroatoms. The van der Waals surface area contributed by atoms with Crippen LogP contribution in [-0.2, 0) is 4.79 Å². The predicted molar refractivity (Wildman–Crippen MR) is 54.1 cm³/mol. The minimum Gasteiger partial charge on any atom is -0.289 e. The van der Waals surface area contributed by atoms with Crippen molar-refractivity contribution in [1.82, 2.24) is 4.67 Å². The van der Waals surface area contributed by atoms with Crippen molar-refractivity contribution in [2.45, 2.75) is 12.8 Å². The Labute approximate surface area is 72.6 Å². The van der Waals surface area contributed by atoms with Gasteiger partial charge in [-0.3, -0.25) is 9.46 Å². The van der Waals surface area contributed by atoms with E-state index in [1.54, 1.807) is 0 Å². The van der Waals surface area contributed by atoms with Crippen molar-refractivity contribution in [3.63, 3.8) is 0 Å². The molecular weight excluding hydrogens is 176 g/mol. The number of carbonyl (C=O) groups excluding carboxylic acids is 1. The third-order valence-electron chi connectivity index (χ3n) is 1.28.